The summed E-state index contributed by atoms with van der Waals surface area (Å²) in [5, 5.41) is 0. The Morgan fingerprint density at radius 2 is 1.70 bits per heavy atom. The van der Waals surface area contributed by atoms with Crippen LogP contribution < -0.4 is 9.88 Å². The molecule has 0 aliphatic carbocycles. The number of hydrogen-bond donors (Lipinski definition) is 0. The van der Waals surface area contributed by atoms with E-state index in [0.717, 1.165) is 25.0 Å². The third-order valence-electron chi connectivity index (χ3n) is 4.58. The van der Waals surface area contributed by atoms with Crippen LogP contribution >= 0.6 is 0 Å². The van der Waals surface area contributed by atoms with Gasteiger partial charge in [-0.1, -0.05) is 12.1 Å². The molecule has 0 saturated carbocycles. The zero-order valence-corrected chi connectivity index (χ0v) is 15.6. The van der Waals surface area contributed by atoms with Crippen molar-refractivity contribution in [1.29, 1.82) is 0 Å². The van der Waals surface area contributed by atoms with Crippen LogP contribution in [-0.2, 0) is 22.7 Å². The van der Waals surface area contributed by atoms with E-state index in [9.17, 15) is 21.6 Å². The molecule has 0 radical (unpaired) electrons. The van der Waals surface area contributed by atoms with E-state index in [4.69, 9.17) is 0 Å². The molecule has 0 unspecified atom stereocenters. The maximum Gasteiger partial charge on any atom is 0.416 e. The highest BCUT2D eigenvalue weighted by molar-refractivity contribution is 7.89. The predicted molar refractivity (Wildman–Crippen MR) is 94.5 cm³/mol. The minimum atomic E-state index is -4.35. The Labute approximate surface area is 156 Å². The van der Waals surface area contributed by atoms with E-state index in [2.05, 4.69) is 4.98 Å². The van der Waals surface area contributed by atoms with Gasteiger partial charge in [0.1, 0.15) is 17.6 Å². The highest BCUT2D eigenvalue weighted by atomic mass is 32.2. The van der Waals surface area contributed by atoms with Gasteiger partial charge in [0.25, 0.3) is 5.82 Å². The molecule has 1 aromatic carbocycles. The van der Waals surface area contributed by atoms with E-state index in [1.165, 1.54) is 22.6 Å². The molecule has 27 heavy (non-hydrogen) atoms. The number of sulfonamides is 1. The number of H-pyrrole nitrogens is 1. The maximum absolute atomic E-state index is 12.6. The van der Waals surface area contributed by atoms with Gasteiger partial charge in [0, 0.05) is 19.2 Å². The molecule has 1 N–H and O–H groups in total. The molecule has 1 fully saturated rings. The van der Waals surface area contributed by atoms with Crippen molar-refractivity contribution in [3.63, 3.8) is 0 Å². The number of benzene rings is 1. The zero-order valence-electron chi connectivity index (χ0n) is 14.8. The lowest BCUT2D eigenvalue weighted by Crippen LogP contribution is -2.30. The first-order valence-corrected chi connectivity index (χ1v) is 10.0. The Kier molecular flexibility index (Phi) is 5.43. The van der Waals surface area contributed by atoms with Gasteiger partial charge in [0.05, 0.1) is 12.6 Å². The van der Waals surface area contributed by atoms with Crippen molar-refractivity contribution in [3.8, 4) is 0 Å². The number of pyridine rings is 1. The highest BCUT2D eigenvalue weighted by Crippen LogP contribution is 2.29. The number of rotatable bonds is 5. The molecule has 0 atom stereocenters. The van der Waals surface area contributed by atoms with E-state index < -0.39 is 21.8 Å². The van der Waals surface area contributed by atoms with Gasteiger partial charge in [-0.3, -0.25) is 4.90 Å². The van der Waals surface area contributed by atoms with Crippen molar-refractivity contribution < 1.29 is 26.6 Å². The third-order valence-corrected chi connectivity index (χ3v) is 6.48. The average Bonchev–Trinajstić information content (AvgIpc) is 3.17. The van der Waals surface area contributed by atoms with Gasteiger partial charge < -0.3 is 0 Å². The Bertz CT molecular complexity index is 876. The number of aromatic nitrogens is 1. The minimum absolute atomic E-state index is 0.205. The summed E-state index contributed by atoms with van der Waals surface area (Å²) in [6, 6.07) is 8.18. The highest BCUT2D eigenvalue weighted by Gasteiger charge is 2.30. The fourth-order valence-corrected chi connectivity index (χ4v) is 4.52. The molecule has 3 rings (SSSR count). The van der Waals surface area contributed by atoms with E-state index in [0.29, 0.717) is 31.0 Å². The molecule has 5 nitrogen and oxygen atoms in total. The van der Waals surface area contributed by atoms with Crippen molar-refractivity contribution in [2.45, 2.75) is 30.5 Å². The molecule has 9 heteroatoms. The lowest BCUT2D eigenvalue weighted by Gasteiger charge is -2.16. The summed E-state index contributed by atoms with van der Waals surface area (Å²) in [6.45, 7) is 1.46. The minimum Gasteiger partial charge on any atom is -0.260 e. The van der Waals surface area contributed by atoms with Crippen LogP contribution in [0.5, 0.6) is 0 Å². The topological polar surface area (TPSA) is 54.8 Å². The van der Waals surface area contributed by atoms with Crippen LogP contribution in [0, 0.1) is 0 Å². The summed E-state index contributed by atoms with van der Waals surface area (Å²) >= 11 is 0. The van der Waals surface area contributed by atoms with E-state index >= 15 is 0 Å². The molecular weight excluding hydrogens is 379 g/mol. The predicted octanol–water partition coefficient (Wildman–Crippen LogP) is 2.94. The average molecular weight is 400 g/mol. The van der Waals surface area contributed by atoms with E-state index in [-0.39, 0.29) is 4.90 Å². The second kappa shape index (κ2) is 7.47. The third kappa shape index (κ3) is 4.41. The molecule has 0 bridgehead atoms. The Hall–Kier alpha value is -2.13. The molecule has 1 saturated heterocycles. The van der Waals surface area contributed by atoms with E-state index in [1.54, 1.807) is 24.1 Å². The number of nitrogens with zero attached hydrogens (tertiary/aromatic N) is 2. The van der Waals surface area contributed by atoms with Gasteiger partial charge in [-0.15, -0.1) is 0 Å². The summed E-state index contributed by atoms with van der Waals surface area (Å²) in [5.41, 5.74) is 0.0320. The van der Waals surface area contributed by atoms with Crippen LogP contribution in [0.25, 0.3) is 0 Å². The first-order valence-electron chi connectivity index (χ1n) is 8.57. The number of alkyl halides is 3. The van der Waals surface area contributed by atoms with Gasteiger partial charge >= 0.3 is 6.18 Å². The zero-order chi connectivity index (χ0) is 19.7. The molecule has 2 heterocycles. The van der Waals surface area contributed by atoms with Crippen molar-refractivity contribution in [2.75, 3.05) is 25.0 Å². The van der Waals surface area contributed by atoms with Crippen LogP contribution in [0.15, 0.2) is 47.5 Å². The fourth-order valence-electron chi connectivity index (χ4n) is 3.04. The standard InChI is InChI=1S/C18H20F3N3O2S/c1-23(13-14-4-6-15(7-5-14)18(19,20)21)17-9-8-16(12-22-17)27(25,26)24-10-2-3-11-24/h4-9,12H,2-3,10-11,13H2,1H3/p+1. The van der Waals surface area contributed by atoms with Crippen LogP contribution in [0.2, 0.25) is 0 Å². The van der Waals surface area contributed by atoms with Crippen LogP contribution in [-0.4, -0.2) is 32.9 Å². The quantitative estimate of drug-likeness (QED) is 0.776. The summed E-state index contributed by atoms with van der Waals surface area (Å²) in [6.07, 6.45) is -1.16. The molecule has 1 aliphatic rings. The monoisotopic (exact) mass is 400 g/mol. The van der Waals surface area contributed by atoms with Gasteiger partial charge in [-0.25, -0.2) is 13.4 Å². The first-order chi connectivity index (χ1) is 12.7. The molecule has 1 aliphatic heterocycles. The second-order valence-corrected chi connectivity index (χ2v) is 8.51. The molecule has 2 aromatic rings. The number of halogens is 3. The Morgan fingerprint density at radius 3 is 2.22 bits per heavy atom. The molecular formula is C18H21F3N3O2S+. The smallest absolute Gasteiger partial charge is 0.260 e. The number of nitrogens with one attached hydrogen (secondary N) is 1. The van der Waals surface area contributed by atoms with Crippen LogP contribution in [0.1, 0.15) is 24.0 Å². The van der Waals surface area contributed by atoms with Gasteiger partial charge in [0.2, 0.25) is 10.0 Å². The summed E-state index contributed by atoms with van der Waals surface area (Å²) in [7, 11) is -1.71. The van der Waals surface area contributed by atoms with Crippen LogP contribution in [0.4, 0.5) is 19.0 Å². The van der Waals surface area contributed by atoms with Crippen molar-refractivity contribution in [2.24, 2.45) is 0 Å². The first kappa shape index (κ1) is 19.6. The van der Waals surface area contributed by atoms with Gasteiger partial charge in [-0.2, -0.15) is 17.5 Å². The normalized spacial score (nSPS) is 15.9. The van der Waals surface area contributed by atoms with Crippen molar-refractivity contribution in [1.82, 2.24) is 4.31 Å². The van der Waals surface area contributed by atoms with Gasteiger partial charge in [-0.05, 0) is 36.6 Å². The Morgan fingerprint density at radius 1 is 1.07 bits per heavy atom. The Balaban J connectivity index is 1.69. The lowest BCUT2D eigenvalue weighted by molar-refractivity contribution is -0.367. The summed E-state index contributed by atoms with van der Waals surface area (Å²) in [5.74, 6) is 0.662. The second-order valence-electron chi connectivity index (χ2n) is 6.57. The number of aromatic amines is 1. The number of anilines is 1. The molecule has 0 amide bonds. The lowest BCUT2D eigenvalue weighted by atomic mass is 10.1. The maximum atomic E-state index is 12.6. The molecule has 0 spiro atoms. The number of hydrogen-bond acceptors (Lipinski definition) is 3. The fraction of sp³-hybridized carbons (Fsp3) is 0.389. The SMILES string of the molecule is CN(Cc1ccc(C(F)(F)F)cc1)c1ccc(S(=O)(=O)N2CCCC2)c[nH+]1. The summed E-state index contributed by atoms with van der Waals surface area (Å²) in [4.78, 5) is 4.97. The van der Waals surface area contributed by atoms with Gasteiger partial charge in [0.15, 0.2) is 0 Å². The molecule has 146 valence electrons. The van der Waals surface area contributed by atoms with Crippen molar-refractivity contribution >= 4 is 15.8 Å². The van der Waals surface area contributed by atoms with E-state index in [1.807, 2.05) is 0 Å². The molecule has 1 aromatic heterocycles. The largest absolute Gasteiger partial charge is 0.416 e. The van der Waals surface area contributed by atoms with Crippen molar-refractivity contribution in [3.05, 3.63) is 53.7 Å². The summed E-state index contributed by atoms with van der Waals surface area (Å²) < 4.78 is 64.4. The van der Waals surface area contributed by atoms with Crippen LogP contribution in [0.3, 0.4) is 0 Å².